The minimum atomic E-state index is -0.187. The van der Waals surface area contributed by atoms with Crippen molar-refractivity contribution in [2.75, 3.05) is 13.2 Å². The third kappa shape index (κ3) is 10.0. The number of amides is 2. The van der Waals surface area contributed by atoms with E-state index in [2.05, 4.69) is 13.8 Å². The van der Waals surface area contributed by atoms with E-state index >= 15 is 0 Å². The maximum absolute atomic E-state index is 11.5. The van der Waals surface area contributed by atoms with Crippen molar-refractivity contribution in [2.24, 2.45) is 5.92 Å². The summed E-state index contributed by atoms with van der Waals surface area (Å²) in [4.78, 5) is 35.6. The van der Waals surface area contributed by atoms with Crippen molar-refractivity contribution in [3.63, 3.8) is 0 Å². The molecule has 0 bridgehead atoms. The van der Waals surface area contributed by atoms with E-state index in [0.717, 1.165) is 44.9 Å². The van der Waals surface area contributed by atoms with E-state index in [1.165, 1.54) is 29.9 Å². The molecule has 0 atom stereocenters. The second kappa shape index (κ2) is 12.7. The van der Waals surface area contributed by atoms with Gasteiger partial charge >= 0.3 is 5.97 Å². The molecule has 0 saturated carbocycles. The molecule has 1 rings (SSSR count). The Hall–Kier alpha value is -1.65. The number of esters is 1. The molecular formula is C20H33NO4. The third-order valence-electron chi connectivity index (χ3n) is 4.37. The lowest BCUT2D eigenvalue weighted by atomic mass is 10.1. The zero-order valence-electron chi connectivity index (χ0n) is 15.8. The lowest BCUT2D eigenvalue weighted by Gasteiger charge is -2.12. The van der Waals surface area contributed by atoms with E-state index in [-0.39, 0.29) is 17.8 Å². The summed E-state index contributed by atoms with van der Waals surface area (Å²) in [7, 11) is 0. The lowest BCUT2D eigenvalue weighted by molar-refractivity contribution is -0.144. The summed E-state index contributed by atoms with van der Waals surface area (Å²) in [6.07, 6.45) is 12.6. The molecule has 0 aliphatic carbocycles. The molecule has 0 spiro atoms. The molecule has 5 heteroatoms. The number of hydrogen-bond donors (Lipinski definition) is 0. The fraction of sp³-hybridized carbons (Fsp3) is 0.750. The molecule has 1 aliphatic rings. The van der Waals surface area contributed by atoms with Gasteiger partial charge in [-0.1, -0.05) is 52.4 Å². The summed E-state index contributed by atoms with van der Waals surface area (Å²) in [5.74, 6) is 0.127. The zero-order chi connectivity index (χ0) is 18.5. The van der Waals surface area contributed by atoms with Gasteiger partial charge in [0, 0.05) is 25.1 Å². The molecule has 142 valence electrons. The lowest BCUT2D eigenvalue weighted by Crippen LogP contribution is -2.30. The van der Waals surface area contributed by atoms with Crippen molar-refractivity contribution in [1.82, 2.24) is 4.90 Å². The molecule has 0 radical (unpaired) electrons. The van der Waals surface area contributed by atoms with Crippen LogP contribution in [0.3, 0.4) is 0 Å². The van der Waals surface area contributed by atoms with E-state index in [1.54, 1.807) is 0 Å². The Morgan fingerprint density at radius 3 is 2.00 bits per heavy atom. The SMILES string of the molecule is CC(C)CCOC(=O)CCCCCCCCCCN1C(=O)C=CC1=O. The highest BCUT2D eigenvalue weighted by Crippen LogP contribution is 2.12. The summed E-state index contributed by atoms with van der Waals surface area (Å²) < 4.78 is 5.19. The van der Waals surface area contributed by atoms with Crippen LogP contribution in [0, 0.1) is 5.92 Å². The molecular weight excluding hydrogens is 318 g/mol. The Bertz CT molecular complexity index is 439. The van der Waals surface area contributed by atoms with Gasteiger partial charge in [0.05, 0.1) is 6.61 Å². The molecule has 0 saturated heterocycles. The molecule has 25 heavy (non-hydrogen) atoms. The van der Waals surface area contributed by atoms with Crippen molar-refractivity contribution in [3.05, 3.63) is 12.2 Å². The molecule has 0 aromatic heterocycles. The highest BCUT2D eigenvalue weighted by molar-refractivity contribution is 6.12. The molecule has 0 aromatic carbocycles. The minimum absolute atomic E-state index is 0.0684. The van der Waals surface area contributed by atoms with Gasteiger partial charge in [-0.05, 0) is 25.2 Å². The second-order valence-electron chi connectivity index (χ2n) is 7.14. The summed E-state index contributed by atoms with van der Waals surface area (Å²) >= 11 is 0. The van der Waals surface area contributed by atoms with Crippen LogP contribution in [0.5, 0.6) is 0 Å². The van der Waals surface area contributed by atoms with Crippen LogP contribution in [0.15, 0.2) is 12.2 Å². The smallest absolute Gasteiger partial charge is 0.305 e. The maximum atomic E-state index is 11.5. The quantitative estimate of drug-likeness (QED) is 0.269. The predicted octanol–water partition coefficient (Wildman–Crippen LogP) is 4.01. The first kappa shape index (κ1) is 21.4. The fourth-order valence-electron chi connectivity index (χ4n) is 2.73. The molecule has 0 fully saturated rings. The summed E-state index contributed by atoms with van der Waals surface area (Å²) in [6, 6.07) is 0. The minimum Gasteiger partial charge on any atom is -0.466 e. The largest absolute Gasteiger partial charge is 0.466 e. The normalized spacial score (nSPS) is 14.0. The van der Waals surface area contributed by atoms with Gasteiger partial charge in [-0.3, -0.25) is 19.3 Å². The summed E-state index contributed by atoms with van der Waals surface area (Å²) in [5.41, 5.74) is 0. The Morgan fingerprint density at radius 2 is 1.44 bits per heavy atom. The number of carbonyl (C=O) groups is 3. The molecule has 0 unspecified atom stereocenters. The van der Waals surface area contributed by atoms with Crippen molar-refractivity contribution in [3.8, 4) is 0 Å². The van der Waals surface area contributed by atoms with Crippen molar-refractivity contribution in [1.29, 1.82) is 0 Å². The van der Waals surface area contributed by atoms with Crippen LogP contribution in [0.4, 0.5) is 0 Å². The predicted molar refractivity (Wildman–Crippen MR) is 97.8 cm³/mol. The first-order chi connectivity index (χ1) is 12.0. The Kier molecular flexibility index (Phi) is 10.8. The number of hydrogen-bond acceptors (Lipinski definition) is 4. The van der Waals surface area contributed by atoms with Gasteiger partial charge in [-0.2, -0.15) is 0 Å². The monoisotopic (exact) mass is 351 g/mol. The van der Waals surface area contributed by atoms with Crippen LogP contribution < -0.4 is 0 Å². The van der Waals surface area contributed by atoms with Crippen LogP contribution in [-0.4, -0.2) is 35.8 Å². The van der Waals surface area contributed by atoms with E-state index in [1.807, 2.05) is 0 Å². The van der Waals surface area contributed by atoms with E-state index in [4.69, 9.17) is 4.74 Å². The fourth-order valence-corrected chi connectivity index (χ4v) is 2.73. The Labute approximate surface area is 151 Å². The van der Waals surface area contributed by atoms with Crippen LogP contribution in [0.1, 0.15) is 78.1 Å². The summed E-state index contributed by atoms with van der Waals surface area (Å²) in [5, 5.41) is 0. The first-order valence-corrected chi connectivity index (χ1v) is 9.70. The first-order valence-electron chi connectivity index (χ1n) is 9.70. The average molecular weight is 351 g/mol. The van der Waals surface area contributed by atoms with Crippen molar-refractivity contribution < 1.29 is 19.1 Å². The van der Waals surface area contributed by atoms with E-state index in [0.29, 0.717) is 25.5 Å². The van der Waals surface area contributed by atoms with E-state index in [9.17, 15) is 14.4 Å². The molecule has 5 nitrogen and oxygen atoms in total. The number of ether oxygens (including phenoxy) is 1. The molecule has 2 amide bonds. The average Bonchev–Trinajstić information content (AvgIpc) is 2.87. The number of rotatable bonds is 14. The van der Waals surface area contributed by atoms with Crippen LogP contribution >= 0.6 is 0 Å². The molecule has 1 heterocycles. The van der Waals surface area contributed by atoms with Crippen molar-refractivity contribution >= 4 is 17.8 Å². The van der Waals surface area contributed by atoms with Crippen LogP contribution in [0.25, 0.3) is 0 Å². The number of unbranched alkanes of at least 4 members (excludes halogenated alkanes) is 7. The standard InChI is InChI=1S/C20H33NO4/c1-17(2)14-16-25-20(24)11-9-7-5-3-4-6-8-10-15-21-18(22)12-13-19(21)23/h12-13,17H,3-11,14-16H2,1-2H3. The third-order valence-corrected chi connectivity index (χ3v) is 4.37. The maximum Gasteiger partial charge on any atom is 0.305 e. The van der Waals surface area contributed by atoms with Gasteiger partial charge in [-0.15, -0.1) is 0 Å². The number of imide groups is 1. The van der Waals surface area contributed by atoms with Crippen molar-refractivity contribution in [2.45, 2.75) is 78.1 Å². The molecule has 1 aliphatic heterocycles. The van der Waals surface area contributed by atoms with E-state index < -0.39 is 0 Å². The van der Waals surface area contributed by atoms with Gasteiger partial charge in [0.15, 0.2) is 0 Å². The molecule has 0 N–H and O–H groups in total. The highest BCUT2D eigenvalue weighted by atomic mass is 16.5. The Balaban J connectivity index is 1.84. The summed E-state index contributed by atoms with van der Waals surface area (Å²) in [6.45, 7) is 5.32. The van der Waals surface area contributed by atoms with Crippen LogP contribution in [-0.2, 0) is 19.1 Å². The topological polar surface area (TPSA) is 63.7 Å². The molecule has 0 aromatic rings. The Morgan fingerprint density at radius 1 is 0.920 bits per heavy atom. The number of carbonyl (C=O) groups excluding carboxylic acids is 3. The highest BCUT2D eigenvalue weighted by Gasteiger charge is 2.21. The van der Waals surface area contributed by atoms with Gasteiger partial charge in [0.25, 0.3) is 11.8 Å². The number of nitrogens with zero attached hydrogens (tertiary/aromatic N) is 1. The van der Waals surface area contributed by atoms with Gasteiger partial charge < -0.3 is 4.74 Å². The van der Waals surface area contributed by atoms with Gasteiger partial charge in [-0.25, -0.2) is 0 Å². The van der Waals surface area contributed by atoms with Crippen LogP contribution in [0.2, 0.25) is 0 Å². The van der Waals surface area contributed by atoms with Gasteiger partial charge in [0.1, 0.15) is 0 Å². The van der Waals surface area contributed by atoms with Gasteiger partial charge in [0.2, 0.25) is 0 Å². The zero-order valence-corrected chi connectivity index (χ0v) is 15.8. The second-order valence-corrected chi connectivity index (χ2v) is 7.14.